The third-order valence-corrected chi connectivity index (χ3v) is 3.30. The Morgan fingerprint density at radius 1 is 1.33 bits per heavy atom. The van der Waals surface area contributed by atoms with E-state index in [-0.39, 0.29) is 5.54 Å². The van der Waals surface area contributed by atoms with E-state index in [1.165, 1.54) is 16.7 Å². The van der Waals surface area contributed by atoms with Gasteiger partial charge in [-0.3, -0.25) is 5.10 Å². The summed E-state index contributed by atoms with van der Waals surface area (Å²) in [7, 11) is 0. The highest BCUT2D eigenvalue weighted by molar-refractivity contribution is 6.30. The molecule has 0 aliphatic heterocycles. The van der Waals surface area contributed by atoms with Crippen LogP contribution in [-0.2, 0) is 6.42 Å². The van der Waals surface area contributed by atoms with Crippen LogP contribution in [-0.4, -0.2) is 15.7 Å². The molecule has 3 rings (SSSR count). The average Bonchev–Trinajstić information content (AvgIpc) is 2.76. The SMILES string of the molecule is CC(C)(C)Nc1n[nH]c2c1Cc1cc(Cl)ccc1-2. The molecule has 0 fully saturated rings. The lowest BCUT2D eigenvalue weighted by atomic mass is 10.1. The van der Waals surface area contributed by atoms with Gasteiger partial charge < -0.3 is 5.32 Å². The molecule has 0 unspecified atom stereocenters. The Morgan fingerprint density at radius 3 is 2.83 bits per heavy atom. The summed E-state index contributed by atoms with van der Waals surface area (Å²) in [6, 6.07) is 6.02. The van der Waals surface area contributed by atoms with E-state index < -0.39 is 0 Å². The molecule has 0 radical (unpaired) electrons. The van der Waals surface area contributed by atoms with Crippen molar-refractivity contribution in [2.75, 3.05) is 5.32 Å². The lowest BCUT2D eigenvalue weighted by molar-refractivity contribution is 0.629. The van der Waals surface area contributed by atoms with Gasteiger partial charge in [0.2, 0.25) is 0 Å². The van der Waals surface area contributed by atoms with Crippen LogP contribution in [0.2, 0.25) is 5.02 Å². The van der Waals surface area contributed by atoms with Gasteiger partial charge in [-0.2, -0.15) is 5.10 Å². The van der Waals surface area contributed by atoms with Crippen molar-refractivity contribution < 1.29 is 0 Å². The number of hydrogen-bond donors (Lipinski definition) is 2. The Hall–Kier alpha value is -1.48. The van der Waals surface area contributed by atoms with Gasteiger partial charge in [0.05, 0.1) is 5.69 Å². The fourth-order valence-electron chi connectivity index (χ4n) is 2.36. The van der Waals surface area contributed by atoms with E-state index in [1.807, 2.05) is 12.1 Å². The average molecular weight is 262 g/mol. The lowest BCUT2D eigenvalue weighted by Gasteiger charge is -2.20. The number of aromatic nitrogens is 2. The molecule has 94 valence electrons. The zero-order valence-corrected chi connectivity index (χ0v) is 11.5. The third kappa shape index (κ3) is 1.89. The number of anilines is 1. The monoisotopic (exact) mass is 261 g/mol. The molecule has 0 spiro atoms. The van der Waals surface area contributed by atoms with Gasteiger partial charge in [0.1, 0.15) is 0 Å². The predicted octanol–water partition coefficient (Wildman–Crippen LogP) is 3.84. The number of fused-ring (bicyclic) bond motifs is 3. The number of benzene rings is 1. The van der Waals surface area contributed by atoms with E-state index in [2.05, 4.69) is 42.4 Å². The first-order valence-corrected chi connectivity index (χ1v) is 6.46. The number of H-pyrrole nitrogens is 1. The van der Waals surface area contributed by atoms with Crippen LogP contribution >= 0.6 is 11.6 Å². The van der Waals surface area contributed by atoms with Gasteiger partial charge in [-0.25, -0.2) is 0 Å². The highest BCUT2D eigenvalue weighted by Gasteiger charge is 2.26. The smallest absolute Gasteiger partial charge is 0.152 e. The molecule has 4 heteroatoms. The number of aromatic amines is 1. The normalized spacial score (nSPS) is 13.3. The molecular weight excluding hydrogens is 246 g/mol. The molecule has 18 heavy (non-hydrogen) atoms. The van der Waals surface area contributed by atoms with Crippen molar-refractivity contribution in [2.45, 2.75) is 32.7 Å². The third-order valence-electron chi connectivity index (χ3n) is 3.06. The van der Waals surface area contributed by atoms with Gasteiger partial charge in [0.25, 0.3) is 0 Å². The molecule has 0 atom stereocenters. The second-order valence-electron chi connectivity index (χ2n) is 5.78. The van der Waals surface area contributed by atoms with E-state index in [9.17, 15) is 0 Å². The van der Waals surface area contributed by atoms with Crippen molar-refractivity contribution in [1.82, 2.24) is 10.2 Å². The van der Waals surface area contributed by atoms with Gasteiger partial charge in [-0.05, 0) is 38.5 Å². The van der Waals surface area contributed by atoms with E-state index in [0.29, 0.717) is 0 Å². The predicted molar refractivity (Wildman–Crippen MR) is 75.2 cm³/mol. The first-order chi connectivity index (χ1) is 8.44. The van der Waals surface area contributed by atoms with Crippen LogP contribution in [0.5, 0.6) is 0 Å². The number of halogens is 1. The first kappa shape index (κ1) is 11.6. The molecule has 1 aromatic heterocycles. The fourth-order valence-corrected chi connectivity index (χ4v) is 2.56. The number of nitrogens with zero attached hydrogens (tertiary/aromatic N) is 1. The van der Waals surface area contributed by atoms with Crippen LogP contribution in [0.25, 0.3) is 11.3 Å². The number of nitrogens with one attached hydrogen (secondary N) is 2. The summed E-state index contributed by atoms with van der Waals surface area (Å²) in [4.78, 5) is 0. The first-order valence-electron chi connectivity index (χ1n) is 6.08. The standard InChI is InChI=1S/C14H16ClN3/c1-14(2,3)16-13-11-7-8-6-9(15)4-5-10(8)12(11)17-18-13/h4-6H,7H2,1-3H3,(H2,16,17,18). The maximum absolute atomic E-state index is 6.04. The molecule has 1 aliphatic rings. The minimum Gasteiger partial charge on any atom is -0.364 e. The Labute approximate surface area is 112 Å². The van der Waals surface area contributed by atoms with Gasteiger partial charge in [-0.15, -0.1) is 0 Å². The van der Waals surface area contributed by atoms with Gasteiger partial charge >= 0.3 is 0 Å². The second-order valence-corrected chi connectivity index (χ2v) is 6.22. The van der Waals surface area contributed by atoms with E-state index >= 15 is 0 Å². The maximum atomic E-state index is 6.04. The largest absolute Gasteiger partial charge is 0.364 e. The summed E-state index contributed by atoms with van der Waals surface area (Å²) >= 11 is 6.04. The maximum Gasteiger partial charge on any atom is 0.152 e. The summed E-state index contributed by atoms with van der Waals surface area (Å²) in [5, 5.41) is 11.7. The van der Waals surface area contributed by atoms with Crippen LogP contribution in [0.3, 0.4) is 0 Å². The summed E-state index contributed by atoms with van der Waals surface area (Å²) in [5.74, 6) is 0.949. The molecule has 1 heterocycles. The van der Waals surface area contributed by atoms with Crippen LogP contribution in [0.15, 0.2) is 18.2 Å². The molecule has 1 aromatic carbocycles. The van der Waals surface area contributed by atoms with Crippen LogP contribution < -0.4 is 5.32 Å². The quantitative estimate of drug-likeness (QED) is 0.699. The van der Waals surface area contributed by atoms with Gasteiger partial charge in [-0.1, -0.05) is 17.7 Å². The van der Waals surface area contributed by atoms with Crippen molar-refractivity contribution >= 4 is 17.4 Å². The van der Waals surface area contributed by atoms with Gasteiger partial charge in [0.15, 0.2) is 5.82 Å². The number of rotatable bonds is 1. The molecule has 0 saturated heterocycles. The van der Waals surface area contributed by atoms with E-state index in [1.54, 1.807) is 0 Å². The summed E-state index contributed by atoms with van der Waals surface area (Å²) in [6.07, 6.45) is 0.889. The van der Waals surface area contributed by atoms with E-state index in [4.69, 9.17) is 11.6 Å². The molecule has 0 amide bonds. The van der Waals surface area contributed by atoms with Crippen LogP contribution in [0.1, 0.15) is 31.9 Å². The fraction of sp³-hybridized carbons (Fsp3) is 0.357. The molecule has 1 aliphatic carbocycles. The number of hydrogen-bond acceptors (Lipinski definition) is 2. The Balaban J connectivity index is 2.02. The second kappa shape index (κ2) is 3.75. The minimum absolute atomic E-state index is 0.00931. The molecule has 2 N–H and O–H groups in total. The topological polar surface area (TPSA) is 40.7 Å². The van der Waals surface area contributed by atoms with Crippen molar-refractivity contribution in [3.8, 4) is 11.3 Å². The Morgan fingerprint density at radius 2 is 2.11 bits per heavy atom. The summed E-state index contributed by atoms with van der Waals surface area (Å²) in [6.45, 7) is 6.40. The zero-order chi connectivity index (χ0) is 12.9. The zero-order valence-electron chi connectivity index (χ0n) is 10.8. The molecule has 0 bridgehead atoms. The summed E-state index contributed by atoms with van der Waals surface area (Å²) in [5.41, 5.74) is 4.85. The van der Waals surface area contributed by atoms with Crippen LogP contribution in [0, 0.1) is 0 Å². The van der Waals surface area contributed by atoms with Crippen molar-refractivity contribution in [1.29, 1.82) is 0 Å². The molecule has 0 saturated carbocycles. The lowest BCUT2D eigenvalue weighted by Crippen LogP contribution is -2.26. The Kier molecular flexibility index (Phi) is 2.42. The highest BCUT2D eigenvalue weighted by atomic mass is 35.5. The molecule has 2 aromatic rings. The highest BCUT2D eigenvalue weighted by Crippen LogP contribution is 2.40. The van der Waals surface area contributed by atoms with E-state index in [0.717, 1.165) is 23.0 Å². The van der Waals surface area contributed by atoms with Crippen molar-refractivity contribution in [2.24, 2.45) is 0 Å². The molecular formula is C14H16ClN3. The minimum atomic E-state index is 0.00931. The van der Waals surface area contributed by atoms with Gasteiger partial charge in [0, 0.05) is 28.1 Å². The Bertz CT molecular complexity index is 608. The summed E-state index contributed by atoms with van der Waals surface area (Å²) < 4.78 is 0. The van der Waals surface area contributed by atoms with Crippen molar-refractivity contribution in [3.05, 3.63) is 34.3 Å². The van der Waals surface area contributed by atoms with Crippen molar-refractivity contribution in [3.63, 3.8) is 0 Å². The molecule has 3 nitrogen and oxygen atoms in total. The van der Waals surface area contributed by atoms with Crippen LogP contribution in [0.4, 0.5) is 5.82 Å².